The van der Waals surface area contributed by atoms with Gasteiger partial charge in [-0.2, -0.15) is 0 Å². The molecule has 124 valence electrons. The fourth-order valence-electron chi connectivity index (χ4n) is 2.14. The van der Waals surface area contributed by atoms with Crippen LogP contribution in [0.25, 0.3) is 0 Å². The minimum absolute atomic E-state index is 0. The number of rotatable bonds is 4. The van der Waals surface area contributed by atoms with Crippen molar-refractivity contribution in [1.29, 1.82) is 0 Å². The van der Waals surface area contributed by atoms with Gasteiger partial charge in [-0.05, 0) is 64.2 Å². The zero-order chi connectivity index (χ0) is 16.1. The summed E-state index contributed by atoms with van der Waals surface area (Å²) in [7, 11) is 0. The molecule has 0 aliphatic carbocycles. The van der Waals surface area contributed by atoms with Crippen LogP contribution >= 0.6 is 44.3 Å². The molecule has 6 heteroatoms. The van der Waals surface area contributed by atoms with Crippen molar-refractivity contribution in [2.75, 3.05) is 5.32 Å². The van der Waals surface area contributed by atoms with E-state index in [0.717, 1.165) is 33.2 Å². The van der Waals surface area contributed by atoms with E-state index in [4.69, 9.17) is 5.73 Å². The lowest BCUT2D eigenvalue weighted by molar-refractivity contribution is 1.12. The number of benzene rings is 2. The first-order chi connectivity index (χ1) is 10.5. The molecule has 0 heterocycles. The van der Waals surface area contributed by atoms with Crippen LogP contribution in [0.2, 0.25) is 0 Å². The molecule has 0 saturated carbocycles. The van der Waals surface area contributed by atoms with Crippen molar-refractivity contribution in [2.45, 2.75) is 26.7 Å². The Hall–Kier alpha value is -1.04. The molecule has 0 aliphatic heterocycles. The second-order valence-corrected chi connectivity index (χ2v) is 6.64. The van der Waals surface area contributed by atoms with Gasteiger partial charge in [-0.25, -0.2) is 4.99 Å². The van der Waals surface area contributed by atoms with Gasteiger partial charge in [-0.3, -0.25) is 0 Å². The summed E-state index contributed by atoms with van der Waals surface area (Å²) < 4.78 is 1.97. The van der Waals surface area contributed by atoms with E-state index in [1.54, 1.807) is 0 Å². The van der Waals surface area contributed by atoms with Crippen LogP contribution in [-0.4, -0.2) is 5.96 Å². The monoisotopic (exact) mass is 459 g/mol. The summed E-state index contributed by atoms with van der Waals surface area (Å²) in [6.45, 7) is 4.24. The topological polar surface area (TPSA) is 50.4 Å². The summed E-state index contributed by atoms with van der Waals surface area (Å²) in [6, 6.07) is 12.2. The summed E-state index contributed by atoms with van der Waals surface area (Å²) in [5, 5.41) is 3.14. The van der Waals surface area contributed by atoms with Gasteiger partial charge in [0.05, 0.1) is 5.69 Å². The van der Waals surface area contributed by atoms with Gasteiger partial charge in [-0.1, -0.05) is 41.9 Å². The summed E-state index contributed by atoms with van der Waals surface area (Å²) in [5.41, 5.74) is 10.2. The van der Waals surface area contributed by atoms with E-state index in [1.165, 1.54) is 11.1 Å². The Morgan fingerprint density at radius 3 is 2.52 bits per heavy atom. The quantitative estimate of drug-likeness (QED) is 0.445. The van der Waals surface area contributed by atoms with E-state index in [9.17, 15) is 0 Å². The molecule has 0 amide bonds. The lowest BCUT2D eigenvalue weighted by Gasteiger charge is -2.10. The fraction of sp³-hybridized carbons (Fsp3) is 0.235. The highest BCUT2D eigenvalue weighted by atomic mass is 79.9. The maximum Gasteiger partial charge on any atom is 0.198 e. The summed E-state index contributed by atoms with van der Waals surface area (Å²) in [6.07, 6.45) is 1.91. The first-order valence-corrected chi connectivity index (χ1v) is 8.80. The molecule has 0 radical (unpaired) electrons. The van der Waals surface area contributed by atoms with Crippen LogP contribution < -0.4 is 11.1 Å². The number of guanidine groups is 1. The maximum atomic E-state index is 6.04. The maximum absolute atomic E-state index is 6.04. The Bertz CT molecular complexity index is 702. The molecule has 0 bridgehead atoms. The molecule has 2 aromatic carbocycles. The number of nitrogens with two attached hydrogens (primary N) is 1. The van der Waals surface area contributed by atoms with Crippen molar-refractivity contribution < 1.29 is 0 Å². The van der Waals surface area contributed by atoms with Gasteiger partial charge in [-0.15, -0.1) is 12.4 Å². The number of anilines is 1. The molecule has 0 aromatic heterocycles. The minimum atomic E-state index is 0. The number of aliphatic imine (C=N–C) groups is 1. The molecule has 0 atom stereocenters. The number of aryl methyl sites for hydroxylation is 2. The summed E-state index contributed by atoms with van der Waals surface area (Å²) >= 11 is 7.11. The average Bonchev–Trinajstić information content (AvgIpc) is 2.50. The number of hydrogen-bond donors (Lipinski definition) is 2. The van der Waals surface area contributed by atoms with Gasteiger partial charge >= 0.3 is 0 Å². The molecule has 2 rings (SSSR count). The molecule has 0 aliphatic rings. The standard InChI is InChI=1S/C17H19Br2N3.ClH/c1-3-11-6-5-7-14(8-11)21-17(20)22-15-10-13(18)9-12(4-2)16(15)19;/h5-10H,3-4H2,1-2H3,(H3,20,21,22);1H. The lowest BCUT2D eigenvalue weighted by atomic mass is 10.1. The van der Waals surface area contributed by atoms with Crippen LogP contribution in [0.5, 0.6) is 0 Å². The van der Waals surface area contributed by atoms with Crippen molar-refractivity contribution in [1.82, 2.24) is 0 Å². The van der Waals surface area contributed by atoms with E-state index in [2.05, 4.69) is 74.2 Å². The molecule has 0 fully saturated rings. The van der Waals surface area contributed by atoms with Crippen LogP contribution in [0.3, 0.4) is 0 Å². The summed E-state index contributed by atoms with van der Waals surface area (Å²) in [4.78, 5) is 4.49. The van der Waals surface area contributed by atoms with Crippen LogP contribution in [-0.2, 0) is 12.8 Å². The third kappa shape index (κ3) is 5.52. The van der Waals surface area contributed by atoms with E-state index < -0.39 is 0 Å². The third-order valence-corrected chi connectivity index (χ3v) is 4.70. The Morgan fingerprint density at radius 2 is 1.87 bits per heavy atom. The lowest BCUT2D eigenvalue weighted by Crippen LogP contribution is -2.22. The fourth-order valence-corrected chi connectivity index (χ4v) is 3.23. The van der Waals surface area contributed by atoms with Gasteiger partial charge in [0.25, 0.3) is 0 Å². The molecular weight excluding hydrogens is 441 g/mol. The Morgan fingerprint density at radius 1 is 1.13 bits per heavy atom. The molecule has 2 aromatic rings. The van der Waals surface area contributed by atoms with E-state index in [-0.39, 0.29) is 12.4 Å². The van der Waals surface area contributed by atoms with Crippen LogP contribution in [0, 0.1) is 0 Å². The minimum Gasteiger partial charge on any atom is -0.369 e. The Kier molecular flexibility index (Phi) is 8.09. The molecule has 0 unspecified atom stereocenters. The second kappa shape index (κ2) is 9.30. The molecule has 23 heavy (non-hydrogen) atoms. The van der Waals surface area contributed by atoms with Crippen LogP contribution in [0.15, 0.2) is 50.3 Å². The van der Waals surface area contributed by atoms with Gasteiger partial charge in [0.15, 0.2) is 5.96 Å². The number of halogens is 3. The number of nitrogens with one attached hydrogen (secondary N) is 1. The average molecular weight is 462 g/mol. The van der Waals surface area contributed by atoms with Gasteiger partial charge in [0, 0.05) is 14.6 Å². The van der Waals surface area contributed by atoms with E-state index >= 15 is 0 Å². The number of hydrogen-bond acceptors (Lipinski definition) is 1. The molecule has 3 nitrogen and oxygen atoms in total. The Balaban J connectivity index is 0.00000264. The third-order valence-electron chi connectivity index (χ3n) is 3.32. The van der Waals surface area contributed by atoms with Gasteiger partial charge in [0.2, 0.25) is 0 Å². The number of nitrogens with zero attached hydrogens (tertiary/aromatic N) is 1. The highest BCUT2D eigenvalue weighted by molar-refractivity contribution is 9.11. The van der Waals surface area contributed by atoms with Crippen molar-refractivity contribution in [3.8, 4) is 0 Å². The van der Waals surface area contributed by atoms with E-state index in [0.29, 0.717) is 5.96 Å². The molecule has 3 N–H and O–H groups in total. The van der Waals surface area contributed by atoms with Gasteiger partial charge < -0.3 is 11.1 Å². The molecular formula is C17H20Br2ClN3. The predicted octanol–water partition coefficient (Wildman–Crippen LogP) is 5.82. The van der Waals surface area contributed by atoms with Crippen LogP contribution in [0.4, 0.5) is 11.4 Å². The SMILES string of the molecule is CCc1cccc(NC(N)=Nc2cc(Br)cc(CC)c2Br)c1.Cl. The second-order valence-electron chi connectivity index (χ2n) is 4.93. The highest BCUT2D eigenvalue weighted by Gasteiger charge is 2.07. The first kappa shape index (κ1) is 20.0. The van der Waals surface area contributed by atoms with E-state index in [1.807, 2.05) is 18.2 Å². The van der Waals surface area contributed by atoms with Crippen LogP contribution in [0.1, 0.15) is 25.0 Å². The first-order valence-electron chi connectivity index (χ1n) is 7.21. The van der Waals surface area contributed by atoms with Gasteiger partial charge in [0.1, 0.15) is 0 Å². The van der Waals surface area contributed by atoms with Crippen molar-refractivity contribution in [3.63, 3.8) is 0 Å². The molecule has 0 spiro atoms. The Labute approximate surface area is 160 Å². The highest BCUT2D eigenvalue weighted by Crippen LogP contribution is 2.33. The molecule has 0 saturated heterocycles. The zero-order valence-electron chi connectivity index (χ0n) is 13.1. The van der Waals surface area contributed by atoms with Crippen molar-refractivity contribution in [3.05, 3.63) is 56.5 Å². The summed E-state index contributed by atoms with van der Waals surface area (Å²) in [5.74, 6) is 0.370. The zero-order valence-corrected chi connectivity index (χ0v) is 17.1. The van der Waals surface area contributed by atoms with Crippen molar-refractivity contribution in [2.24, 2.45) is 10.7 Å². The van der Waals surface area contributed by atoms with Crippen molar-refractivity contribution >= 4 is 61.6 Å². The normalized spacial score (nSPS) is 11.0. The largest absolute Gasteiger partial charge is 0.369 e. The smallest absolute Gasteiger partial charge is 0.198 e. The predicted molar refractivity (Wildman–Crippen MR) is 109 cm³/mol.